The van der Waals surface area contributed by atoms with E-state index in [-0.39, 0.29) is 11.9 Å². The Kier molecular flexibility index (Phi) is 3.44. The molecule has 0 unspecified atom stereocenters. The number of carbonyl (C=O) groups is 2. The lowest BCUT2D eigenvalue weighted by Gasteiger charge is -2.07. The zero-order chi connectivity index (χ0) is 13.0. The third-order valence-electron chi connectivity index (χ3n) is 1.90. The fourth-order valence-electron chi connectivity index (χ4n) is 1.06. The number of carbonyl (C=O) groups excluding carboxylic acids is 2. The van der Waals surface area contributed by atoms with E-state index >= 15 is 0 Å². The van der Waals surface area contributed by atoms with Gasteiger partial charge in [-0.2, -0.15) is 0 Å². The van der Waals surface area contributed by atoms with Crippen LogP contribution in [0.4, 0.5) is 0 Å². The van der Waals surface area contributed by atoms with Gasteiger partial charge in [0, 0.05) is 12.1 Å². The van der Waals surface area contributed by atoms with E-state index in [0.717, 1.165) is 0 Å². The summed E-state index contributed by atoms with van der Waals surface area (Å²) in [6.07, 6.45) is 2.63. The van der Waals surface area contributed by atoms with Crippen LogP contribution >= 0.6 is 0 Å². The SMILES string of the molecule is NC(C(=O)Oc1ccco1)C(=O)Oc1ccco1. The van der Waals surface area contributed by atoms with Crippen molar-refractivity contribution in [1.29, 1.82) is 0 Å². The Balaban J connectivity index is 1.92. The highest BCUT2D eigenvalue weighted by atomic mass is 16.6. The van der Waals surface area contributed by atoms with Crippen molar-refractivity contribution >= 4 is 11.9 Å². The van der Waals surface area contributed by atoms with Crippen molar-refractivity contribution in [2.45, 2.75) is 6.04 Å². The third-order valence-corrected chi connectivity index (χ3v) is 1.90. The molecule has 7 nitrogen and oxygen atoms in total. The largest absolute Gasteiger partial charge is 0.434 e. The molecule has 0 radical (unpaired) electrons. The van der Waals surface area contributed by atoms with Crippen molar-refractivity contribution in [3.8, 4) is 11.9 Å². The average Bonchev–Trinajstić information content (AvgIpc) is 3.01. The first-order valence-electron chi connectivity index (χ1n) is 4.93. The molecule has 2 aromatic rings. The highest BCUT2D eigenvalue weighted by Gasteiger charge is 2.27. The molecule has 0 aromatic carbocycles. The second-order valence-corrected chi connectivity index (χ2v) is 3.18. The minimum Gasteiger partial charge on any atom is -0.434 e. The molecule has 0 bridgehead atoms. The molecule has 0 aliphatic heterocycles. The lowest BCUT2D eigenvalue weighted by atomic mass is 10.3. The summed E-state index contributed by atoms with van der Waals surface area (Å²) < 4.78 is 18.9. The molecule has 0 aliphatic carbocycles. The Morgan fingerprint density at radius 3 is 1.78 bits per heavy atom. The minimum absolute atomic E-state index is 0.0544. The van der Waals surface area contributed by atoms with Crippen molar-refractivity contribution in [2.75, 3.05) is 0 Å². The number of esters is 2. The highest BCUT2D eigenvalue weighted by Crippen LogP contribution is 2.12. The highest BCUT2D eigenvalue weighted by molar-refractivity contribution is 6.00. The number of hydrogen-bond donors (Lipinski definition) is 1. The fourth-order valence-corrected chi connectivity index (χ4v) is 1.06. The maximum atomic E-state index is 11.4. The standard InChI is InChI=1S/C11H9NO6/c12-9(10(13)17-7-3-1-5-15-7)11(14)18-8-4-2-6-16-8/h1-6,9H,12H2. The van der Waals surface area contributed by atoms with E-state index in [1.165, 1.54) is 36.8 Å². The van der Waals surface area contributed by atoms with Gasteiger partial charge in [-0.3, -0.25) is 0 Å². The molecule has 0 fully saturated rings. The molecule has 94 valence electrons. The Bertz CT molecular complexity index is 467. The lowest BCUT2D eigenvalue weighted by molar-refractivity contribution is -0.147. The van der Waals surface area contributed by atoms with Gasteiger partial charge in [0.1, 0.15) is 0 Å². The Hall–Kier alpha value is -2.54. The maximum Gasteiger partial charge on any atom is 0.342 e. The number of nitrogens with two attached hydrogens (primary N) is 1. The van der Waals surface area contributed by atoms with E-state index < -0.39 is 18.0 Å². The molecule has 0 saturated carbocycles. The number of rotatable bonds is 4. The van der Waals surface area contributed by atoms with Crippen LogP contribution in [-0.2, 0) is 9.59 Å². The second-order valence-electron chi connectivity index (χ2n) is 3.18. The van der Waals surface area contributed by atoms with E-state index in [9.17, 15) is 9.59 Å². The van der Waals surface area contributed by atoms with E-state index in [1.807, 2.05) is 0 Å². The summed E-state index contributed by atoms with van der Waals surface area (Å²) >= 11 is 0. The molecule has 0 amide bonds. The predicted molar refractivity (Wildman–Crippen MR) is 56.7 cm³/mol. The lowest BCUT2D eigenvalue weighted by Crippen LogP contribution is -2.43. The monoisotopic (exact) mass is 251 g/mol. The van der Waals surface area contributed by atoms with Gasteiger partial charge in [-0.1, -0.05) is 0 Å². The topological polar surface area (TPSA) is 105 Å². The van der Waals surface area contributed by atoms with Gasteiger partial charge >= 0.3 is 11.9 Å². The molecule has 2 rings (SSSR count). The van der Waals surface area contributed by atoms with Gasteiger partial charge in [0.25, 0.3) is 11.9 Å². The summed E-state index contributed by atoms with van der Waals surface area (Å²) in [5, 5.41) is 0. The van der Waals surface area contributed by atoms with Crippen LogP contribution in [0.25, 0.3) is 0 Å². The van der Waals surface area contributed by atoms with Crippen molar-refractivity contribution < 1.29 is 27.9 Å². The molecular weight excluding hydrogens is 242 g/mol. The van der Waals surface area contributed by atoms with Crippen LogP contribution in [0.2, 0.25) is 0 Å². The molecule has 0 aliphatic rings. The molecule has 0 atom stereocenters. The van der Waals surface area contributed by atoms with E-state index in [1.54, 1.807) is 0 Å². The van der Waals surface area contributed by atoms with Gasteiger partial charge < -0.3 is 24.0 Å². The zero-order valence-corrected chi connectivity index (χ0v) is 9.07. The molecule has 0 spiro atoms. The third kappa shape index (κ3) is 2.77. The molecule has 18 heavy (non-hydrogen) atoms. The van der Waals surface area contributed by atoms with Crippen LogP contribution in [0, 0.1) is 0 Å². The van der Waals surface area contributed by atoms with Gasteiger partial charge in [0.15, 0.2) is 0 Å². The molecule has 7 heteroatoms. The van der Waals surface area contributed by atoms with Gasteiger partial charge in [-0.25, -0.2) is 9.59 Å². The van der Waals surface area contributed by atoms with Crippen LogP contribution in [-0.4, -0.2) is 18.0 Å². The van der Waals surface area contributed by atoms with E-state index in [4.69, 9.17) is 24.0 Å². The molecule has 2 N–H and O–H groups in total. The van der Waals surface area contributed by atoms with Crippen LogP contribution in [0.1, 0.15) is 0 Å². The first kappa shape index (κ1) is 11.9. The second kappa shape index (κ2) is 5.19. The summed E-state index contributed by atoms with van der Waals surface area (Å²) in [4.78, 5) is 22.9. The normalized spacial score (nSPS) is 10.3. The van der Waals surface area contributed by atoms with Crippen molar-refractivity contribution in [3.05, 3.63) is 36.8 Å². The predicted octanol–water partition coefficient (Wildman–Crippen LogP) is 0.711. The van der Waals surface area contributed by atoms with Gasteiger partial charge in [-0.15, -0.1) is 0 Å². The van der Waals surface area contributed by atoms with Crippen molar-refractivity contribution in [1.82, 2.24) is 0 Å². The quantitative estimate of drug-likeness (QED) is 0.630. The van der Waals surface area contributed by atoms with E-state index in [0.29, 0.717) is 0 Å². The van der Waals surface area contributed by atoms with E-state index in [2.05, 4.69) is 0 Å². The maximum absolute atomic E-state index is 11.4. The summed E-state index contributed by atoms with van der Waals surface area (Å²) in [6.45, 7) is 0. The van der Waals surface area contributed by atoms with Crippen LogP contribution in [0.3, 0.4) is 0 Å². The molecule has 2 aromatic heterocycles. The average molecular weight is 251 g/mol. The molecular formula is C11H9NO6. The summed E-state index contributed by atoms with van der Waals surface area (Å²) in [7, 11) is 0. The van der Waals surface area contributed by atoms with Crippen LogP contribution < -0.4 is 15.2 Å². The number of hydrogen-bond acceptors (Lipinski definition) is 7. The smallest absolute Gasteiger partial charge is 0.342 e. The Morgan fingerprint density at radius 2 is 1.44 bits per heavy atom. The number of ether oxygens (including phenoxy) is 2. The van der Waals surface area contributed by atoms with Gasteiger partial charge in [-0.05, 0) is 12.1 Å². The summed E-state index contributed by atoms with van der Waals surface area (Å²) in [5.74, 6) is -2.08. The summed E-state index contributed by atoms with van der Waals surface area (Å²) in [6, 6.07) is 4.27. The Morgan fingerprint density at radius 1 is 1.00 bits per heavy atom. The van der Waals surface area contributed by atoms with Crippen LogP contribution in [0.15, 0.2) is 45.6 Å². The van der Waals surface area contributed by atoms with Crippen molar-refractivity contribution in [2.24, 2.45) is 5.73 Å². The minimum atomic E-state index is -1.58. The van der Waals surface area contributed by atoms with Crippen molar-refractivity contribution in [3.63, 3.8) is 0 Å². The molecule has 0 saturated heterocycles. The first-order chi connectivity index (χ1) is 8.66. The number of furan rings is 2. The first-order valence-corrected chi connectivity index (χ1v) is 4.93. The zero-order valence-electron chi connectivity index (χ0n) is 9.07. The van der Waals surface area contributed by atoms with Crippen LogP contribution in [0.5, 0.6) is 11.9 Å². The Labute approximate surface area is 101 Å². The van der Waals surface area contributed by atoms with Gasteiger partial charge in [0.05, 0.1) is 12.5 Å². The molecule has 2 heterocycles. The fraction of sp³-hybridized carbons (Fsp3) is 0.0909. The summed E-state index contributed by atoms with van der Waals surface area (Å²) in [5.41, 5.74) is 5.36. The van der Waals surface area contributed by atoms with Gasteiger partial charge in [0.2, 0.25) is 6.04 Å².